The van der Waals surface area contributed by atoms with E-state index < -0.39 is 0 Å². The Hall–Kier alpha value is -3.62. The van der Waals surface area contributed by atoms with E-state index in [1.54, 1.807) is 29.2 Å². The third kappa shape index (κ3) is 3.46. The van der Waals surface area contributed by atoms with Crippen LogP contribution in [0.4, 0.5) is 16.2 Å². The van der Waals surface area contributed by atoms with Crippen molar-refractivity contribution < 1.29 is 28.5 Å². The van der Waals surface area contributed by atoms with Gasteiger partial charge in [-0.2, -0.15) is 0 Å². The van der Waals surface area contributed by atoms with E-state index in [4.69, 9.17) is 18.9 Å². The molecule has 1 saturated heterocycles. The molecule has 2 aromatic carbocycles. The molecule has 9 heteroatoms. The van der Waals surface area contributed by atoms with Gasteiger partial charge in [0.05, 0.1) is 0 Å². The van der Waals surface area contributed by atoms with E-state index in [2.05, 4.69) is 10.6 Å². The van der Waals surface area contributed by atoms with Crippen molar-refractivity contribution in [3.63, 3.8) is 0 Å². The van der Waals surface area contributed by atoms with Gasteiger partial charge < -0.3 is 34.5 Å². The van der Waals surface area contributed by atoms with Crippen LogP contribution in [0, 0.1) is 5.92 Å². The molecular weight excluding hydrogens is 378 g/mol. The largest absolute Gasteiger partial charge is 0.454 e. The van der Waals surface area contributed by atoms with Crippen molar-refractivity contribution in [3.8, 4) is 23.0 Å². The molecular formula is C20H19N3O6. The Bertz CT molecular complexity index is 979. The van der Waals surface area contributed by atoms with Crippen molar-refractivity contribution in [1.82, 2.24) is 5.32 Å². The molecule has 0 aromatic heterocycles. The van der Waals surface area contributed by atoms with E-state index in [1.807, 2.05) is 12.1 Å². The summed E-state index contributed by atoms with van der Waals surface area (Å²) in [5, 5.41) is 5.59. The van der Waals surface area contributed by atoms with Gasteiger partial charge in [-0.1, -0.05) is 0 Å². The van der Waals surface area contributed by atoms with Crippen molar-refractivity contribution in [3.05, 3.63) is 36.4 Å². The number of hydrogen-bond acceptors (Lipinski definition) is 6. The molecule has 0 aliphatic carbocycles. The Morgan fingerprint density at radius 2 is 1.66 bits per heavy atom. The Morgan fingerprint density at radius 3 is 2.45 bits per heavy atom. The van der Waals surface area contributed by atoms with Crippen LogP contribution in [0.1, 0.15) is 6.42 Å². The van der Waals surface area contributed by atoms with Crippen LogP contribution in [-0.4, -0.2) is 38.6 Å². The number of rotatable bonds is 4. The minimum absolute atomic E-state index is 0.0202. The van der Waals surface area contributed by atoms with Crippen LogP contribution in [0.2, 0.25) is 0 Å². The Labute approximate surface area is 166 Å². The summed E-state index contributed by atoms with van der Waals surface area (Å²) in [4.78, 5) is 26.3. The molecule has 2 N–H and O–H groups in total. The van der Waals surface area contributed by atoms with Crippen molar-refractivity contribution >= 4 is 23.3 Å². The maximum absolute atomic E-state index is 12.4. The van der Waals surface area contributed by atoms with Gasteiger partial charge in [0.1, 0.15) is 0 Å². The molecule has 3 amide bonds. The molecule has 3 aliphatic rings. The van der Waals surface area contributed by atoms with Crippen LogP contribution in [0.15, 0.2) is 36.4 Å². The summed E-state index contributed by atoms with van der Waals surface area (Å²) >= 11 is 0. The van der Waals surface area contributed by atoms with E-state index in [1.165, 1.54) is 0 Å². The lowest BCUT2D eigenvalue weighted by atomic mass is 10.1. The maximum Gasteiger partial charge on any atom is 0.319 e. The van der Waals surface area contributed by atoms with Crippen molar-refractivity contribution in [2.24, 2.45) is 5.92 Å². The van der Waals surface area contributed by atoms with Crippen LogP contribution in [-0.2, 0) is 4.79 Å². The molecule has 0 spiro atoms. The summed E-state index contributed by atoms with van der Waals surface area (Å²) in [5.74, 6) is 2.62. The van der Waals surface area contributed by atoms with Crippen molar-refractivity contribution in [2.45, 2.75) is 6.42 Å². The molecule has 0 saturated carbocycles. The fourth-order valence-corrected chi connectivity index (χ4v) is 3.61. The molecule has 1 fully saturated rings. The van der Waals surface area contributed by atoms with Crippen molar-refractivity contribution in [1.29, 1.82) is 0 Å². The van der Waals surface area contributed by atoms with Gasteiger partial charge in [0.25, 0.3) is 0 Å². The molecule has 3 aliphatic heterocycles. The highest BCUT2D eigenvalue weighted by Gasteiger charge is 2.31. The first-order chi connectivity index (χ1) is 14.2. The third-order valence-corrected chi connectivity index (χ3v) is 5.05. The molecule has 0 bridgehead atoms. The summed E-state index contributed by atoms with van der Waals surface area (Å²) in [6.45, 7) is 1.30. The average Bonchev–Trinajstić information content (AvgIpc) is 3.44. The lowest BCUT2D eigenvalue weighted by molar-refractivity contribution is -0.117. The Morgan fingerprint density at radius 1 is 0.966 bits per heavy atom. The number of urea groups is 1. The molecule has 29 heavy (non-hydrogen) atoms. The fourth-order valence-electron chi connectivity index (χ4n) is 3.61. The van der Waals surface area contributed by atoms with Gasteiger partial charge >= 0.3 is 6.03 Å². The number of carbonyl (C=O) groups excluding carboxylic acids is 2. The number of nitrogens with one attached hydrogen (secondary N) is 2. The number of amides is 3. The lowest BCUT2D eigenvalue weighted by Gasteiger charge is -2.17. The molecule has 2 aromatic rings. The highest BCUT2D eigenvalue weighted by Crippen LogP contribution is 2.37. The second-order valence-electron chi connectivity index (χ2n) is 7.02. The molecule has 9 nitrogen and oxygen atoms in total. The SMILES string of the molecule is O=C(NC[C@@H]1CC(=O)N(c2ccc3c(c2)OCO3)C1)Nc1ccc2c(c1)OCO2. The Balaban J connectivity index is 1.16. The Kier molecular flexibility index (Phi) is 4.27. The molecule has 5 rings (SSSR count). The number of nitrogens with zero attached hydrogens (tertiary/aromatic N) is 1. The fraction of sp³-hybridized carbons (Fsp3) is 0.300. The van der Waals surface area contributed by atoms with E-state index in [0.29, 0.717) is 48.2 Å². The summed E-state index contributed by atoms with van der Waals surface area (Å²) < 4.78 is 21.2. The van der Waals surface area contributed by atoms with E-state index in [0.717, 1.165) is 5.69 Å². The maximum atomic E-state index is 12.4. The van der Waals surface area contributed by atoms with Crippen LogP contribution in [0.5, 0.6) is 23.0 Å². The van der Waals surface area contributed by atoms with Gasteiger partial charge in [0.2, 0.25) is 19.5 Å². The summed E-state index contributed by atoms with van der Waals surface area (Å²) in [6, 6.07) is 10.3. The molecule has 150 valence electrons. The number of fused-ring (bicyclic) bond motifs is 2. The number of anilines is 2. The second kappa shape index (κ2) is 7.08. The highest BCUT2D eigenvalue weighted by molar-refractivity contribution is 5.96. The monoisotopic (exact) mass is 397 g/mol. The van der Waals surface area contributed by atoms with Gasteiger partial charge in [-0.25, -0.2) is 4.79 Å². The van der Waals surface area contributed by atoms with Gasteiger partial charge in [-0.05, 0) is 24.3 Å². The zero-order valence-corrected chi connectivity index (χ0v) is 15.5. The summed E-state index contributed by atoms with van der Waals surface area (Å²) in [5.41, 5.74) is 1.38. The van der Waals surface area contributed by atoms with Gasteiger partial charge in [0, 0.05) is 48.9 Å². The second-order valence-corrected chi connectivity index (χ2v) is 7.02. The number of carbonyl (C=O) groups is 2. The summed E-state index contributed by atoms with van der Waals surface area (Å²) in [6.07, 6.45) is 0.374. The van der Waals surface area contributed by atoms with Crippen LogP contribution >= 0.6 is 0 Å². The minimum Gasteiger partial charge on any atom is -0.454 e. The predicted octanol–water partition coefficient (Wildman–Crippen LogP) is 2.32. The topological polar surface area (TPSA) is 98.4 Å². The van der Waals surface area contributed by atoms with E-state index in [-0.39, 0.29) is 31.4 Å². The standard InChI is InChI=1S/C20H19N3O6/c24-19-5-12(9-23(19)14-2-4-16-18(7-14)29-11-27-16)8-21-20(25)22-13-1-3-15-17(6-13)28-10-26-15/h1-4,6-7,12H,5,8-11H2,(H2,21,22,25)/t12-/m0/s1. The molecule has 0 unspecified atom stereocenters. The quantitative estimate of drug-likeness (QED) is 0.822. The minimum atomic E-state index is -0.335. The van der Waals surface area contributed by atoms with Gasteiger partial charge in [-0.3, -0.25) is 4.79 Å². The van der Waals surface area contributed by atoms with Gasteiger partial charge in [0.15, 0.2) is 23.0 Å². The van der Waals surface area contributed by atoms with Crippen LogP contribution in [0.25, 0.3) is 0 Å². The van der Waals surface area contributed by atoms with Crippen LogP contribution < -0.4 is 34.5 Å². The smallest absolute Gasteiger partial charge is 0.319 e. The average molecular weight is 397 g/mol. The molecule has 1 atom stereocenters. The number of hydrogen-bond donors (Lipinski definition) is 2. The summed E-state index contributed by atoms with van der Waals surface area (Å²) in [7, 11) is 0. The number of ether oxygens (including phenoxy) is 4. The highest BCUT2D eigenvalue weighted by atomic mass is 16.7. The van der Waals surface area contributed by atoms with E-state index in [9.17, 15) is 9.59 Å². The third-order valence-electron chi connectivity index (χ3n) is 5.05. The molecule has 0 radical (unpaired) electrons. The molecule has 3 heterocycles. The first-order valence-electron chi connectivity index (χ1n) is 9.30. The van der Waals surface area contributed by atoms with Gasteiger partial charge in [-0.15, -0.1) is 0 Å². The first kappa shape index (κ1) is 17.5. The normalized spacial score (nSPS) is 18.8. The number of benzene rings is 2. The first-order valence-corrected chi connectivity index (χ1v) is 9.30. The van der Waals surface area contributed by atoms with Crippen LogP contribution in [0.3, 0.4) is 0 Å². The van der Waals surface area contributed by atoms with E-state index >= 15 is 0 Å². The lowest BCUT2D eigenvalue weighted by Crippen LogP contribution is -2.34. The predicted molar refractivity (Wildman–Crippen MR) is 103 cm³/mol. The zero-order valence-electron chi connectivity index (χ0n) is 15.5. The van der Waals surface area contributed by atoms with Crippen molar-refractivity contribution in [2.75, 3.05) is 36.9 Å². The zero-order chi connectivity index (χ0) is 19.8.